The van der Waals surface area contributed by atoms with E-state index in [0.29, 0.717) is 12.8 Å². The van der Waals surface area contributed by atoms with Gasteiger partial charge in [-0.15, -0.1) is 0 Å². The van der Waals surface area contributed by atoms with Crippen LogP contribution in [0.4, 0.5) is 0 Å². The highest BCUT2D eigenvalue weighted by Gasteiger charge is 2.30. The van der Waals surface area contributed by atoms with Crippen LogP contribution in [0.2, 0.25) is 0 Å². The summed E-state index contributed by atoms with van der Waals surface area (Å²) in [6.07, 6.45) is 11.7. The van der Waals surface area contributed by atoms with Gasteiger partial charge >= 0.3 is 11.9 Å². The number of carbonyl (C=O) groups is 2. The molecule has 4 heteroatoms. The second-order valence-corrected chi connectivity index (χ2v) is 5.89. The third-order valence-electron chi connectivity index (χ3n) is 3.80. The number of hydrogen-bond donors (Lipinski definition) is 0. The summed E-state index contributed by atoms with van der Waals surface area (Å²) in [5.74, 6) is -0.342. The number of rotatable bonds is 9. The number of unbranched alkanes of at least 4 members (excludes halogenated alkanes) is 2. The Hall–Kier alpha value is -1.32. The molecule has 0 saturated carbocycles. The van der Waals surface area contributed by atoms with Crippen LogP contribution in [-0.2, 0) is 19.1 Å². The van der Waals surface area contributed by atoms with Crippen LogP contribution < -0.4 is 0 Å². The van der Waals surface area contributed by atoms with Gasteiger partial charge in [0.2, 0.25) is 0 Å². The number of allylic oxidation sites excluding steroid dienone is 2. The molecule has 1 aliphatic heterocycles. The molecular weight excluding hydrogens is 280 g/mol. The van der Waals surface area contributed by atoms with Crippen molar-refractivity contribution in [3.8, 4) is 0 Å². The lowest BCUT2D eigenvalue weighted by atomic mass is 10.0. The Morgan fingerprint density at radius 2 is 2.05 bits per heavy atom. The van der Waals surface area contributed by atoms with Gasteiger partial charge in [-0.25, -0.2) is 0 Å². The lowest BCUT2D eigenvalue weighted by molar-refractivity contribution is -0.166. The molecule has 22 heavy (non-hydrogen) atoms. The molecule has 1 aliphatic rings. The molecule has 1 heterocycles. The molecule has 0 bridgehead atoms. The van der Waals surface area contributed by atoms with Crippen molar-refractivity contribution < 1.29 is 19.1 Å². The van der Waals surface area contributed by atoms with Crippen LogP contribution in [0.5, 0.6) is 0 Å². The van der Waals surface area contributed by atoms with Crippen molar-refractivity contribution in [3.63, 3.8) is 0 Å². The summed E-state index contributed by atoms with van der Waals surface area (Å²) in [5.41, 5.74) is 0. The molecule has 1 fully saturated rings. The Morgan fingerprint density at radius 3 is 2.77 bits per heavy atom. The van der Waals surface area contributed by atoms with Crippen molar-refractivity contribution in [1.82, 2.24) is 0 Å². The standard InChI is InChI=1S/C18H30O4/c1-3-5-6-7-8-9-13-17(19)22-16-12-10-14-18(20)21-15(16)11-4-2/h6-7,15-16H,3-5,8-14H2,1-2H3/b7-6-. The molecule has 1 saturated heterocycles. The van der Waals surface area contributed by atoms with Gasteiger partial charge < -0.3 is 9.47 Å². The van der Waals surface area contributed by atoms with Crippen LogP contribution in [0.15, 0.2) is 12.2 Å². The Kier molecular flexibility index (Phi) is 9.60. The first-order valence-electron chi connectivity index (χ1n) is 8.71. The fraction of sp³-hybridized carbons (Fsp3) is 0.778. The number of cyclic esters (lactones) is 1. The second-order valence-electron chi connectivity index (χ2n) is 5.89. The summed E-state index contributed by atoms with van der Waals surface area (Å²) in [7, 11) is 0. The predicted octanol–water partition coefficient (Wildman–Crippen LogP) is 4.32. The first kappa shape index (κ1) is 18.7. The highest BCUT2D eigenvalue weighted by atomic mass is 16.6. The number of esters is 2. The van der Waals surface area contributed by atoms with Gasteiger partial charge in [-0.05, 0) is 38.5 Å². The third kappa shape index (κ3) is 7.62. The van der Waals surface area contributed by atoms with Gasteiger partial charge in [0.15, 0.2) is 0 Å². The Morgan fingerprint density at radius 1 is 1.27 bits per heavy atom. The maximum absolute atomic E-state index is 12.0. The van der Waals surface area contributed by atoms with E-state index in [1.165, 1.54) is 0 Å². The molecule has 126 valence electrons. The fourth-order valence-corrected chi connectivity index (χ4v) is 2.60. The molecule has 0 amide bonds. The maximum Gasteiger partial charge on any atom is 0.306 e. The monoisotopic (exact) mass is 310 g/mol. The van der Waals surface area contributed by atoms with Gasteiger partial charge in [-0.2, -0.15) is 0 Å². The lowest BCUT2D eigenvalue weighted by Crippen LogP contribution is -2.33. The first-order valence-corrected chi connectivity index (χ1v) is 8.71. The molecule has 0 aromatic carbocycles. The molecule has 4 nitrogen and oxygen atoms in total. The van der Waals surface area contributed by atoms with E-state index in [1.807, 2.05) is 6.92 Å². The van der Waals surface area contributed by atoms with E-state index in [-0.39, 0.29) is 24.1 Å². The molecule has 0 spiro atoms. The smallest absolute Gasteiger partial charge is 0.306 e. The van der Waals surface area contributed by atoms with Crippen LogP contribution in [-0.4, -0.2) is 24.1 Å². The van der Waals surface area contributed by atoms with Gasteiger partial charge in [0.1, 0.15) is 12.2 Å². The number of hydrogen-bond acceptors (Lipinski definition) is 4. The quantitative estimate of drug-likeness (QED) is 0.361. The zero-order chi connectivity index (χ0) is 16.2. The SMILES string of the molecule is CCC/C=C\CCCC(=O)OC1CCCC(=O)OC1CCC. The summed E-state index contributed by atoms with van der Waals surface area (Å²) in [6.45, 7) is 4.19. The number of ether oxygens (including phenoxy) is 2. The topological polar surface area (TPSA) is 52.6 Å². The zero-order valence-electron chi connectivity index (χ0n) is 14.0. The van der Waals surface area contributed by atoms with Crippen molar-refractivity contribution in [2.24, 2.45) is 0 Å². The molecular formula is C18H30O4. The van der Waals surface area contributed by atoms with Crippen LogP contribution in [0.25, 0.3) is 0 Å². The summed E-state index contributed by atoms with van der Waals surface area (Å²) < 4.78 is 11.0. The van der Waals surface area contributed by atoms with Crippen molar-refractivity contribution >= 4 is 11.9 Å². The summed E-state index contributed by atoms with van der Waals surface area (Å²) in [6, 6.07) is 0. The van der Waals surface area contributed by atoms with Gasteiger partial charge in [0.05, 0.1) is 0 Å². The largest absolute Gasteiger partial charge is 0.458 e. The molecule has 0 aliphatic carbocycles. The molecule has 0 N–H and O–H groups in total. The molecule has 2 atom stereocenters. The lowest BCUT2D eigenvalue weighted by Gasteiger charge is -2.24. The molecule has 0 aromatic heterocycles. The van der Waals surface area contributed by atoms with Crippen molar-refractivity contribution in [1.29, 1.82) is 0 Å². The van der Waals surface area contributed by atoms with Gasteiger partial charge in [0, 0.05) is 12.8 Å². The average Bonchev–Trinajstić information content (AvgIpc) is 2.65. The average molecular weight is 310 g/mol. The minimum atomic E-state index is -0.270. The summed E-state index contributed by atoms with van der Waals surface area (Å²) in [4.78, 5) is 23.5. The van der Waals surface area contributed by atoms with Crippen molar-refractivity contribution in [3.05, 3.63) is 12.2 Å². The van der Waals surface area contributed by atoms with E-state index in [1.54, 1.807) is 0 Å². The minimum absolute atomic E-state index is 0.168. The van der Waals surface area contributed by atoms with Crippen LogP contribution in [0.1, 0.15) is 78.1 Å². The highest BCUT2D eigenvalue weighted by Crippen LogP contribution is 2.22. The van der Waals surface area contributed by atoms with Crippen molar-refractivity contribution in [2.45, 2.75) is 90.3 Å². The first-order chi connectivity index (χ1) is 10.7. The second kappa shape index (κ2) is 11.3. The Balaban J connectivity index is 2.34. The highest BCUT2D eigenvalue weighted by molar-refractivity contribution is 5.71. The normalized spacial score (nSPS) is 22.4. The third-order valence-corrected chi connectivity index (χ3v) is 3.80. The van der Waals surface area contributed by atoms with E-state index in [0.717, 1.165) is 51.4 Å². The number of carbonyl (C=O) groups excluding carboxylic acids is 2. The maximum atomic E-state index is 12.0. The van der Waals surface area contributed by atoms with E-state index in [4.69, 9.17) is 9.47 Å². The fourth-order valence-electron chi connectivity index (χ4n) is 2.60. The molecule has 0 radical (unpaired) electrons. The van der Waals surface area contributed by atoms with E-state index in [9.17, 15) is 9.59 Å². The predicted molar refractivity (Wildman–Crippen MR) is 86.4 cm³/mol. The van der Waals surface area contributed by atoms with Gasteiger partial charge in [-0.1, -0.05) is 38.8 Å². The molecule has 0 aromatic rings. The van der Waals surface area contributed by atoms with Gasteiger partial charge in [0.25, 0.3) is 0 Å². The van der Waals surface area contributed by atoms with Crippen LogP contribution >= 0.6 is 0 Å². The van der Waals surface area contributed by atoms with Crippen LogP contribution in [0.3, 0.4) is 0 Å². The van der Waals surface area contributed by atoms with Crippen LogP contribution in [0, 0.1) is 0 Å². The molecule has 2 unspecified atom stereocenters. The van der Waals surface area contributed by atoms with Crippen molar-refractivity contribution in [2.75, 3.05) is 0 Å². The van der Waals surface area contributed by atoms with E-state index in [2.05, 4.69) is 19.1 Å². The zero-order valence-corrected chi connectivity index (χ0v) is 14.0. The van der Waals surface area contributed by atoms with Gasteiger partial charge in [-0.3, -0.25) is 9.59 Å². The summed E-state index contributed by atoms with van der Waals surface area (Å²) in [5, 5.41) is 0. The Bertz CT molecular complexity index is 362. The summed E-state index contributed by atoms with van der Waals surface area (Å²) >= 11 is 0. The minimum Gasteiger partial charge on any atom is -0.458 e. The Labute approximate surface area is 134 Å². The van der Waals surface area contributed by atoms with E-state index < -0.39 is 0 Å². The van der Waals surface area contributed by atoms with E-state index >= 15 is 0 Å². The molecule has 1 rings (SSSR count).